The summed E-state index contributed by atoms with van der Waals surface area (Å²) in [5.41, 5.74) is 0. The summed E-state index contributed by atoms with van der Waals surface area (Å²) in [4.78, 5) is 0. The Balaban J connectivity index is 2.54. The molecule has 28 valence electrons. The molecule has 0 atom stereocenters. The Kier molecular flexibility index (Phi) is 3.70. The summed E-state index contributed by atoms with van der Waals surface area (Å²) in [6.07, 6.45) is 0. The molecule has 0 aromatic heterocycles. The van der Waals surface area contributed by atoms with Gasteiger partial charge in [-0.05, 0) is 0 Å². The van der Waals surface area contributed by atoms with Gasteiger partial charge in [-0.15, -0.1) is 0 Å². The van der Waals surface area contributed by atoms with Crippen molar-refractivity contribution in [1.82, 2.24) is 0 Å². The molecule has 0 nitrogen and oxygen atoms in total. The first kappa shape index (κ1) is 5.92. The molecule has 0 saturated heterocycles. The van der Waals surface area contributed by atoms with Gasteiger partial charge in [-0.1, -0.05) is 0 Å². The quantitative estimate of drug-likeness (QED) is 0.528. The van der Waals surface area contributed by atoms with E-state index in [2.05, 4.69) is 18.3 Å². The average Bonchev–Trinajstić information content (AvgIpc) is 1.38. The van der Waals surface area contributed by atoms with Gasteiger partial charge in [0.15, 0.2) is 0 Å². The van der Waals surface area contributed by atoms with Gasteiger partial charge in [0.1, 0.15) is 0 Å². The summed E-state index contributed by atoms with van der Waals surface area (Å²) in [6.45, 7) is 4.63. The first-order valence-electron chi connectivity index (χ1n) is 2.27. The van der Waals surface area contributed by atoms with Crippen molar-refractivity contribution in [2.45, 2.75) is 21.8 Å². The molecule has 0 fully saturated rings. The van der Waals surface area contributed by atoms with Crippen LogP contribution < -0.4 is 0 Å². The summed E-state index contributed by atoms with van der Waals surface area (Å²) in [6, 6.07) is 0. The van der Waals surface area contributed by atoms with E-state index in [9.17, 15) is 0 Å². The fraction of sp³-hybridized carbons (Fsp3) is 1.00. The molecule has 0 unspecified atom stereocenters. The zero-order valence-electron chi connectivity index (χ0n) is 4.28. The second-order valence-electron chi connectivity index (χ2n) is 1.80. The van der Waals surface area contributed by atoms with Crippen LogP contribution in [0.4, 0.5) is 0 Å². The van der Waals surface area contributed by atoms with Crippen LogP contribution in [0.2, 0.25) is 7.96 Å². The molecule has 0 bridgehead atoms. The molecular formula is C4H10Cd. The summed E-state index contributed by atoms with van der Waals surface area (Å²) in [5.74, 6) is 0. The second-order valence-corrected chi connectivity index (χ2v) is 8.79. The molecule has 0 heterocycles. The van der Waals surface area contributed by atoms with Crippen molar-refractivity contribution in [3.05, 3.63) is 0 Å². The Labute approximate surface area is 46.2 Å². The Morgan fingerprint density at radius 2 is 1.60 bits per heavy atom. The van der Waals surface area contributed by atoms with Gasteiger partial charge in [0.05, 0.1) is 0 Å². The molecule has 0 N–H and O–H groups in total. The molecule has 0 radical (unpaired) electrons. The van der Waals surface area contributed by atoms with Crippen LogP contribution >= 0.6 is 0 Å². The van der Waals surface area contributed by atoms with E-state index in [0.29, 0.717) is 0 Å². The van der Waals surface area contributed by atoms with E-state index in [0.717, 1.165) is 3.48 Å². The molecule has 0 spiro atoms. The van der Waals surface area contributed by atoms with E-state index in [1.54, 1.807) is 0 Å². The minimum atomic E-state index is -0.141. The predicted octanol–water partition coefficient (Wildman–Crippen LogP) is 1.95. The van der Waals surface area contributed by atoms with Gasteiger partial charge in [0.2, 0.25) is 0 Å². The van der Waals surface area contributed by atoms with Crippen molar-refractivity contribution in [2.75, 3.05) is 0 Å². The predicted molar refractivity (Wildman–Crippen MR) is 21.0 cm³/mol. The third-order valence-corrected chi connectivity index (χ3v) is 5.48. The van der Waals surface area contributed by atoms with Crippen LogP contribution in [0.1, 0.15) is 13.8 Å². The molecule has 0 amide bonds. The van der Waals surface area contributed by atoms with Crippen LogP contribution in [0.3, 0.4) is 0 Å². The molecular weight excluding hydrogens is 160 g/mol. The summed E-state index contributed by atoms with van der Waals surface area (Å²) in [7, 11) is 0. The maximum absolute atomic E-state index is 2.41. The van der Waals surface area contributed by atoms with Gasteiger partial charge in [0, 0.05) is 0 Å². The van der Waals surface area contributed by atoms with Gasteiger partial charge in [-0.25, -0.2) is 0 Å². The fourth-order valence-electron chi connectivity index (χ4n) is 0. The van der Waals surface area contributed by atoms with Gasteiger partial charge in [0.25, 0.3) is 0 Å². The second kappa shape index (κ2) is 3.13. The molecule has 0 saturated carbocycles. The molecule has 5 heavy (non-hydrogen) atoms. The molecule has 1 heteroatoms. The van der Waals surface area contributed by atoms with Crippen molar-refractivity contribution in [2.24, 2.45) is 0 Å². The Morgan fingerprint density at radius 3 is 1.60 bits per heavy atom. The third kappa shape index (κ3) is 4.92. The van der Waals surface area contributed by atoms with Crippen molar-refractivity contribution in [1.29, 1.82) is 0 Å². The standard InChI is InChI=1S/C3H7.CH3.Cd/c1-3-2;;/h3H,1-2H3;1H3;. The fourth-order valence-corrected chi connectivity index (χ4v) is 0. The van der Waals surface area contributed by atoms with E-state index in [4.69, 9.17) is 0 Å². The van der Waals surface area contributed by atoms with Crippen molar-refractivity contribution in [3.8, 4) is 0 Å². The van der Waals surface area contributed by atoms with Gasteiger partial charge >= 0.3 is 46.0 Å². The summed E-state index contributed by atoms with van der Waals surface area (Å²) in [5, 5.41) is 0. The number of hydrogen-bond donors (Lipinski definition) is 0. The Morgan fingerprint density at radius 1 is 1.40 bits per heavy atom. The van der Waals surface area contributed by atoms with E-state index in [1.807, 2.05) is 0 Å². The topological polar surface area (TPSA) is 0 Å². The Hall–Kier alpha value is 0.922. The number of rotatable bonds is 1. The average molecular weight is 171 g/mol. The van der Waals surface area contributed by atoms with Crippen LogP contribution in [0.5, 0.6) is 0 Å². The molecule has 0 aromatic rings. The van der Waals surface area contributed by atoms with Crippen LogP contribution in [0, 0.1) is 0 Å². The van der Waals surface area contributed by atoms with Gasteiger partial charge < -0.3 is 0 Å². The van der Waals surface area contributed by atoms with Gasteiger partial charge in [-0.3, -0.25) is 0 Å². The van der Waals surface area contributed by atoms with Gasteiger partial charge in [-0.2, -0.15) is 0 Å². The van der Waals surface area contributed by atoms with Crippen LogP contribution in [-0.2, 0) is 24.2 Å². The summed E-state index contributed by atoms with van der Waals surface area (Å²) < 4.78 is 3.50. The van der Waals surface area contributed by atoms with Crippen LogP contribution in [-0.4, -0.2) is 0 Å². The van der Waals surface area contributed by atoms with E-state index in [-0.39, 0.29) is 24.2 Å². The van der Waals surface area contributed by atoms with Crippen LogP contribution in [0.25, 0.3) is 0 Å². The molecule has 0 rings (SSSR count). The first-order valence-corrected chi connectivity index (χ1v) is 8.64. The van der Waals surface area contributed by atoms with Crippen molar-refractivity contribution < 1.29 is 24.2 Å². The Bertz CT molecular complexity index is 17.6. The monoisotopic (exact) mass is 172 g/mol. The van der Waals surface area contributed by atoms with E-state index < -0.39 is 0 Å². The maximum atomic E-state index is 2.41. The third-order valence-electron chi connectivity index (χ3n) is 0.816. The molecule has 0 aromatic carbocycles. The number of hydrogen-bond acceptors (Lipinski definition) is 0. The normalized spacial score (nSPS) is 8.00. The zero-order valence-corrected chi connectivity index (χ0v) is 8.32. The summed E-state index contributed by atoms with van der Waals surface area (Å²) >= 11 is -0.141. The van der Waals surface area contributed by atoms with E-state index in [1.165, 1.54) is 0 Å². The molecule has 0 aliphatic rings. The van der Waals surface area contributed by atoms with Crippen LogP contribution in [0.15, 0.2) is 0 Å². The molecule has 0 aliphatic carbocycles. The molecule has 0 aliphatic heterocycles. The first-order chi connectivity index (χ1) is 2.27. The van der Waals surface area contributed by atoms with Crippen molar-refractivity contribution in [3.63, 3.8) is 0 Å². The van der Waals surface area contributed by atoms with Crippen molar-refractivity contribution >= 4 is 0 Å². The SMILES string of the molecule is [CH3][Cd][CH](C)C. The minimum absolute atomic E-state index is 0.141. The van der Waals surface area contributed by atoms with E-state index >= 15 is 0 Å². The zero-order chi connectivity index (χ0) is 4.28.